The van der Waals surface area contributed by atoms with Gasteiger partial charge in [-0.2, -0.15) is 0 Å². The number of hydrogen-bond donors (Lipinski definition) is 1. The van der Waals surface area contributed by atoms with Crippen LogP contribution in [0.4, 0.5) is 0 Å². The molecule has 1 atom stereocenters. The third-order valence-corrected chi connectivity index (χ3v) is 3.74. The zero-order valence-electron chi connectivity index (χ0n) is 10.9. The third-order valence-electron chi connectivity index (χ3n) is 2.70. The second-order valence-corrected chi connectivity index (χ2v) is 5.20. The summed E-state index contributed by atoms with van der Waals surface area (Å²) < 4.78 is 5.14. The van der Waals surface area contributed by atoms with Crippen molar-refractivity contribution in [2.45, 2.75) is 19.4 Å². The molecule has 2 rings (SSSR count). The molecule has 0 saturated carbocycles. The van der Waals surface area contributed by atoms with Crippen LogP contribution in [0.3, 0.4) is 0 Å². The molecule has 1 unspecified atom stereocenters. The molecule has 5 heteroatoms. The molecule has 0 fully saturated rings. The summed E-state index contributed by atoms with van der Waals surface area (Å²) in [5.41, 5.74) is 7.14. The van der Waals surface area contributed by atoms with Crippen molar-refractivity contribution < 1.29 is 9.53 Å². The first-order chi connectivity index (χ1) is 9.10. The number of ketones is 1. The van der Waals surface area contributed by atoms with Gasteiger partial charge >= 0.3 is 0 Å². The van der Waals surface area contributed by atoms with Crippen molar-refractivity contribution in [2.24, 2.45) is 5.73 Å². The molecule has 0 radical (unpaired) electrons. The van der Waals surface area contributed by atoms with Crippen LogP contribution in [-0.2, 0) is 6.42 Å². The zero-order chi connectivity index (χ0) is 13.8. The van der Waals surface area contributed by atoms with Gasteiger partial charge in [0.25, 0.3) is 0 Å². The summed E-state index contributed by atoms with van der Waals surface area (Å²) in [5.74, 6) is 0.747. The monoisotopic (exact) mass is 276 g/mol. The topological polar surface area (TPSA) is 65.2 Å². The summed E-state index contributed by atoms with van der Waals surface area (Å²) >= 11 is 1.42. The first-order valence-electron chi connectivity index (χ1n) is 5.97. The van der Waals surface area contributed by atoms with Crippen LogP contribution in [0, 0.1) is 0 Å². The van der Waals surface area contributed by atoms with Crippen LogP contribution >= 0.6 is 11.3 Å². The fourth-order valence-electron chi connectivity index (χ4n) is 1.68. The largest absolute Gasteiger partial charge is 0.497 e. The fourth-order valence-corrected chi connectivity index (χ4v) is 2.47. The van der Waals surface area contributed by atoms with Crippen molar-refractivity contribution in [1.29, 1.82) is 0 Å². The highest BCUT2D eigenvalue weighted by Crippen LogP contribution is 2.18. The van der Waals surface area contributed by atoms with Crippen molar-refractivity contribution in [3.63, 3.8) is 0 Å². The number of aromatic nitrogens is 1. The standard InChI is InChI=1S/C14H16N2O2S/c1-9(15)14-16-12(8-19-14)13(17)7-10-4-3-5-11(6-10)18-2/h3-6,8-9H,7,15H2,1-2H3. The number of hydrogen-bond acceptors (Lipinski definition) is 5. The first kappa shape index (κ1) is 13.7. The molecule has 0 spiro atoms. The Balaban J connectivity index is 2.11. The summed E-state index contributed by atoms with van der Waals surface area (Å²) in [6.07, 6.45) is 0.319. The van der Waals surface area contributed by atoms with E-state index in [1.807, 2.05) is 31.2 Å². The van der Waals surface area contributed by atoms with Crippen molar-refractivity contribution in [2.75, 3.05) is 7.11 Å². The van der Waals surface area contributed by atoms with E-state index in [4.69, 9.17) is 10.5 Å². The van der Waals surface area contributed by atoms with Gasteiger partial charge in [-0.3, -0.25) is 4.79 Å². The molecular formula is C14H16N2O2S. The third kappa shape index (κ3) is 3.39. The molecule has 1 aromatic heterocycles. The Labute approximate surface area is 116 Å². The van der Waals surface area contributed by atoms with Gasteiger partial charge in [0.1, 0.15) is 16.5 Å². The maximum Gasteiger partial charge on any atom is 0.186 e. The summed E-state index contributed by atoms with van der Waals surface area (Å²) in [4.78, 5) is 16.4. The molecule has 0 saturated heterocycles. The number of rotatable bonds is 5. The molecule has 1 heterocycles. The first-order valence-corrected chi connectivity index (χ1v) is 6.85. The van der Waals surface area contributed by atoms with Gasteiger partial charge in [-0.05, 0) is 24.6 Å². The van der Waals surface area contributed by atoms with Crippen molar-refractivity contribution in [3.05, 3.63) is 45.9 Å². The lowest BCUT2D eigenvalue weighted by Crippen LogP contribution is -2.07. The molecule has 0 aliphatic rings. The maximum absolute atomic E-state index is 12.1. The van der Waals surface area contributed by atoms with Gasteiger partial charge in [-0.25, -0.2) is 4.98 Å². The molecule has 100 valence electrons. The van der Waals surface area contributed by atoms with Gasteiger partial charge in [0, 0.05) is 11.8 Å². The SMILES string of the molecule is COc1cccc(CC(=O)c2csc(C(C)N)n2)c1. The second kappa shape index (κ2) is 5.95. The molecule has 2 N–H and O–H groups in total. The Morgan fingerprint density at radius 2 is 2.32 bits per heavy atom. The van der Waals surface area contributed by atoms with E-state index >= 15 is 0 Å². The number of nitrogens with two attached hydrogens (primary N) is 1. The number of thiazole rings is 1. The molecular weight excluding hydrogens is 260 g/mol. The lowest BCUT2D eigenvalue weighted by Gasteiger charge is -2.03. The second-order valence-electron chi connectivity index (χ2n) is 4.31. The van der Waals surface area contributed by atoms with Crippen LogP contribution in [-0.4, -0.2) is 17.9 Å². The predicted octanol–water partition coefficient (Wildman–Crippen LogP) is 2.60. The molecule has 1 aromatic carbocycles. The molecule has 4 nitrogen and oxygen atoms in total. The van der Waals surface area contributed by atoms with Crippen molar-refractivity contribution in [3.8, 4) is 5.75 Å². The number of carbonyl (C=O) groups is 1. The van der Waals surface area contributed by atoms with E-state index in [9.17, 15) is 4.79 Å². The lowest BCUT2D eigenvalue weighted by molar-refractivity contribution is 0.0988. The Kier molecular flexibility index (Phi) is 4.29. The quantitative estimate of drug-likeness (QED) is 0.852. The van der Waals surface area contributed by atoms with Crippen molar-refractivity contribution >= 4 is 17.1 Å². The summed E-state index contributed by atoms with van der Waals surface area (Å²) in [6.45, 7) is 1.86. The Morgan fingerprint density at radius 3 is 2.95 bits per heavy atom. The van der Waals surface area contributed by atoms with E-state index in [0.717, 1.165) is 16.3 Å². The number of ether oxygens (including phenoxy) is 1. The average molecular weight is 276 g/mol. The number of nitrogens with zero attached hydrogens (tertiary/aromatic N) is 1. The van der Waals surface area contributed by atoms with Crippen LogP contribution in [0.2, 0.25) is 0 Å². The molecule has 0 aliphatic heterocycles. The number of carbonyl (C=O) groups excluding carboxylic acids is 1. The maximum atomic E-state index is 12.1. The fraction of sp³-hybridized carbons (Fsp3) is 0.286. The summed E-state index contributed by atoms with van der Waals surface area (Å²) in [7, 11) is 1.61. The number of benzene rings is 1. The van der Waals surface area contributed by atoms with Crippen LogP contribution in [0.1, 0.15) is 34.0 Å². The van der Waals surface area contributed by atoms with Crippen LogP contribution in [0.5, 0.6) is 5.75 Å². The van der Waals surface area contributed by atoms with Gasteiger partial charge in [-0.1, -0.05) is 12.1 Å². The molecule has 2 aromatic rings. The summed E-state index contributed by atoms with van der Waals surface area (Å²) in [5, 5.41) is 2.55. The van der Waals surface area contributed by atoms with E-state index in [2.05, 4.69) is 4.98 Å². The van der Waals surface area contributed by atoms with Crippen LogP contribution in [0.25, 0.3) is 0 Å². The van der Waals surface area contributed by atoms with Gasteiger partial charge in [0.15, 0.2) is 5.78 Å². The minimum Gasteiger partial charge on any atom is -0.497 e. The smallest absolute Gasteiger partial charge is 0.186 e. The Bertz CT molecular complexity index is 578. The van der Waals surface area contributed by atoms with Gasteiger partial charge in [0.05, 0.1) is 13.2 Å². The van der Waals surface area contributed by atoms with Crippen molar-refractivity contribution in [1.82, 2.24) is 4.98 Å². The highest BCUT2D eigenvalue weighted by molar-refractivity contribution is 7.09. The van der Waals surface area contributed by atoms with Gasteiger partial charge < -0.3 is 10.5 Å². The van der Waals surface area contributed by atoms with E-state index in [0.29, 0.717) is 12.1 Å². The van der Waals surface area contributed by atoms with E-state index in [1.54, 1.807) is 12.5 Å². The summed E-state index contributed by atoms with van der Waals surface area (Å²) in [6, 6.07) is 7.35. The Morgan fingerprint density at radius 1 is 1.53 bits per heavy atom. The predicted molar refractivity (Wildman–Crippen MR) is 75.7 cm³/mol. The zero-order valence-corrected chi connectivity index (χ0v) is 11.7. The minimum atomic E-state index is -0.136. The number of Topliss-reactive ketones (excluding diaryl/α,β-unsaturated/α-hetero) is 1. The number of methoxy groups -OCH3 is 1. The molecule has 0 aliphatic carbocycles. The highest BCUT2D eigenvalue weighted by Gasteiger charge is 2.13. The lowest BCUT2D eigenvalue weighted by atomic mass is 10.1. The van der Waals surface area contributed by atoms with Gasteiger partial charge in [0.2, 0.25) is 0 Å². The highest BCUT2D eigenvalue weighted by atomic mass is 32.1. The van der Waals surface area contributed by atoms with Crippen LogP contribution < -0.4 is 10.5 Å². The molecule has 19 heavy (non-hydrogen) atoms. The Hall–Kier alpha value is -1.72. The molecule has 0 amide bonds. The van der Waals surface area contributed by atoms with Crippen LogP contribution in [0.15, 0.2) is 29.6 Å². The average Bonchev–Trinajstić information content (AvgIpc) is 2.89. The minimum absolute atomic E-state index is 0.00333. The van der Waals surface area contributed by atoms with Gasteiger partial charge in [-0.15, -0.1) is 11.3 Å². The normalized spacial score (nSPS) is 12.2. The van der Waals surface area contributed by atoms with E-state index < -0.39 is 0 Å². The molecule has 0 bridgehead atoms. The van der Waals surface area contributed by atoms with E-state index in [1.165, 1.54) is 11.3 Å². The van der Waals surface area contributed by atoms with E-state index in [-0.39, 0.29) is 11.8 Å².